The van der Waals surface area contributed by atoms with Gasteiger partial charge in [-0.05, 0) is 12.8 Å². The zero-order chi connectivity index (χ0) is 8.10. The third-order valence-electron chi connectivity index (χ3n) is 2.18. The van der Waals surface area contributed by atoms with Crippen LogP contribution >= 0.6 is 0 Å². The Balaban J connectivity index is 2.18. The van der Waals surface area contributed by atoms with E-state index in [0.29, 0.717) is 6.61 Å². The Morgan fingerprint density at radius 3 is 2.73 bits per heavy atom. The van der Waals surface area contributed by atoms with Crippen molar-refractivity contribution in [2.75, 3.05) is 13.2 Å². The van der Waals surface area contributed by atoms with Gasteiger partial charge in [0.25, 0.3) is 0 Å². The van der Waals surface area contributed by atoms with Gasteiger partial charge in [0.1, 0.15) is 0 Å². The van der Waals surface area contributed by atoms with E-state index >= 15 is 0 Å². The van der Waals surface area contributed by atoms with E-state index in [9.17, 15) is 0 Å². The molecule has 66 valence electrons. The zero-order valence-electron chi connectivity index (χ0n) is 6.83. The highest BCUT2D eigenvalue weighted by atomic mass is 16.5. The van der Waals surface area contributed by atoms with Crippen molar-refractivity contribution < 1.29 is 9.84 Å². The fourth-order valence-electron chi connectivity index (χ4n) is 1.54. The van der Waals surface area contributed by atoms with Crippen LogP contribution in [0.4, 0.5) is 0 Å². The Morgan fingerprint density at radius 1 is 1.36 bits per heavy atom. The quantitative estimate of drug-likeness (QED) is 0.621. The molecule has 0 heterocycles. The van der Waals surface area contributed by atoms with E-state index in [0.717, 1.165) is 12.8 Å². The van der Waals surface area contributed by atoms with Crippen molar-refractivity contribution in [2.24, 2.45) is 5.73 Å². The number of hydrogen-bond donors (Lipinski definition) is 2. The molecule has 0 aromatic heterocycles. The van der Waals surface area contributed by atoms with E-state index in [1.54, 1.807) is 0 Å². The molecule has 3 N–H and O–H groups in total. The molecule has 0 amide bonds. The van der Waals surface area contributed by atoms with Crippen molar-refractivity contribution in [1.82, 2.24) is 0 Å². The van der Waals surface area contributed by atoms with Gasteiger partial charge in [0.05, 0.1) is 19.3 Å². The minimum atomic E-state index is 0.100. The average molecular weight is 159 g/mol. The Morgan fingerprint density at radius 2 is 2.09 bits per heavy atom. The van der Waals surface area contributed by atoms with Crippen LogP contribution in [0, 0.1) is 0 Å². The molecule has 1 saturated carbocycles. The maximum Gasteiger partial charge on any atom is 0.0727 e. The minimum Gasteiger partial charge on any atom is -0.394 e. The first-order valence-electron chi connectivity index (χ1n) is 4.32. The first-order chi connectivity index (χ1) is 5.34. The smallest absolute Gasteiger partial charge is 0.0727 e. The highest BCUT2D eigenvalue weighted by molar-refractivity contribution is 4.78. The lowest BCUT2D eigenvalue weighted by molar-refractivity contribution is -0.00233. The van der Waals surface area contributed by atoms with E-state index in [1.807, 2.05) is 0 Å². The minimum absolute atomic E-state index is 0.100. The molecule has 1 fully saturated rings. The van der Waals surface area contributed by atoms with Crippen molar-refractivity contribution in [2.45, 2.75) is 37.8 Å². The van der Waals surface area contributed by atoms with Gasteiger partial charge in [0.15, 0.2) is 0 Å². The molecule has 0 radical (unpaired) electrons. The highest BCUT2D eigenvalue weighted by Crippen LogP contribution is 2.19. The topological polar surface area (TPSA) is 55.5 Å². The van der Waals surface area contributed by atoms with Crippen molar-refractivity contribution in [3.05, 3.63) is 0 Å². The van der Waals surface area contributed by atoms with E-state index in [-0.39, 0.29) is 18.8 Å². The number of aliphatic hydroxyl groups is 1. The summed E-state index contributed by atoms with van der Waals surface area (Å²) in [5, 5.41) is 8.52. The summed E-state index contributed by atoms with van der Waals surface area (Å²) in [7, 11) is 0. The molecule has 1 rings (SSSR count). The van der Waals surface area contributed by atoms with Crippen molar-refractivity contribution in [1.29, 1.82) is 0 Å². The van der Waals surface area contributed by atoms with E-state index in [1.165, 1.54) is 12.8 Å². The van der Waals surface area contributed by atoms with Crippen molar-refractivity contribution in [3.63, 3.8) is 0 Å². The summed E-state index contributed by atoms with van der Waals surface area (Å²) < 4.78 is 5.37. The Hall–Kier alpha value is -0.120. The number of aliphatic hydroxyl groups excluding tert-OH is 1. The summed E-state index contributed by atoms with van der Waals surface area (Å²) in [6.07, 6.45) is 4.75. The van der Waals surface area contributed by atoms with Crippen LogP contribution in [0.5, 0.6) is 0 Å². The van der Waals surface area contributed by atoms with Gasteiger partial charge < -0.3 is 15.6 Å². The number of hydrogen-bond acceptors (Lipinski definition) is 3. The second-order valence-electron chi connectivity index (χ2n) is 3.08. The zero-order valence-corrected chi connectivity index (χ0v) is 6.83. The second kappa shape index (κ2) is 4.70. The van der Waals surface area contributed by atoms with Crippen LogP contribution in [0.15, 0.2) is 0 Å². The van der Waals surface area contributed by atoms with Gasteiger partial charge in [0.2, 0.25) is 0 Å². The van der Waals surface area contributed by atoms with Gasteiger partial charge in [-0.15, -0.1) is 0 Å². The molecule has 0 bridgehead atoms. The van der Waals surface area contributed by atoms with Gasteiger partial charge >= 0.3 is 0 Å². The molecule has 0 unspecified atom stereocenters. The summed E-state index contributed by atoms with van der Waals surface area (Å²) >= 11 is 0. The van der Waals surface area contributed by atoms with Crippen LogP contribution in [0.25, 0.3) is 0 Å². The molecule has 3 heteroatoms. The monoisotopic (exact) mass is 159 g/mol. The molecule has 3 nitrogen and oxygen atoms in total. The number of ether oxygens (including phenoxy) is 1. The van der Waals surface area contributed by atoms with Gasteiger partial charge in [-0.25, -0.2) is 0 Å². The molecule has 11 heavy (non-hydrogen) atoms. The molecule has 1 aliphatic rings. The first kappa shape index (κ1) is 8.97. The predicted octanol–water partition coefficient (Wildman–Crippen LogP) is 0.265. The van der Waals surface area contributed by atoms with Gasteiger partial charge in [-0.3, -0.25) is 0 Å². The third-order valence-corrected chi connectivity index (χ3v) is 2.18. The lowest BCUT2D eigenvalue weighted by Gasteiger charge is -2.28. The molecule has 0 saturated heterocycles. The molecular formula is C8H17NO2. The molecule has 2 atom stereocenters. The highest BCUT2D eigenvalue weighted by Gasteiger charge is 2.21. The average Bonchev–Trinajstić information content (AvgIpc) is 2.03. The summed E-state index contributed by atoms with van der Waals surface area (Å²) in [6, 6.07) is 0.190. The Bertz CT molecular complexity index is 108. The van der Waals surface area contributed by atoms with Crippen molar-refractivity contribution >= 4 is 0 Å². The fraction of sp³-hybridized carbons (Fsp3) is 1.00. The third kappa shape index (κ3) is 2.77. The van der Waals surface area contributed by atoms with Crippen LogP contribution in [-0.2, 0) is 4.74 Å². The summed E-state index contributed by atoms with van der Waals surface area (Å²) in [5.74, 6) is 0. The maximum atomic E-state index is 8.52. The van der Waals surface area contributed by atoms with E-state index in [4.69, 9.17) is 15.6 Å². The molecular weight excluding hydrogens is 142 g/mol. The standard InChI is InChI=1S/C8H17NO2/c9-7-3-1-2-4-8(7)11-6-5-10/h7-8,10H,1-6,9H2/t7-,8-/m1/s1. The summed E-state index contributed by atoms with van der Waals surface area (Å²) in [6.45, 7) is 0.529. The largest absolute Gasteiger partial charge is 0.394 e. The van der Waals surface area contributed by atoms with Gasteiger partial charge in [-0.2, -0.15) is 0 Å². The van der Waals surface area contributed by atoms with Gasteiger partial charge in [-0.1, -0.05) is 12.8 Å². The SMILES string of the molecule is N[C@@H]1CCCC[C@H]1OCCO. The summed E-state index contributed by atoms with van der Waals surface area (Å²) in [5.41, 5.74) is 5.81. The Labute approximate surface area is 67.5 Å². The number of rotatable bonds is 3. The fourth-order valence-corrected chi connectivity index (χ4v) is 1.54. The van der Waals surface area contributed by atoms with Crippen LogP contribution in [0.3, 0.4) is 0 Å². The first-order valence-corrected chi connectivity index (χ1v) is 4.32. The lowest BCUT2D eigenvalue weighted by Crippen LogP contribution is -2.39. The van der Waals surface area contributed by atoms with Crippen LogP contribution < -0.4 is 5.73 Å². The number of nitrogens with two attached hydrogens (primary N) is 1. The summed E-state index contributed by atoms with van der Waals surface area (Å²) in [4.78, 5) is 0. The molecule has 0 aliphatic heterocycles. The van der Waals surface area contributed by atoms with Crippen LogP contribution in [0.1, 0.15) is 25.7 Å². The molecule has 0 aromatic carbocycles. The van der Waals surface area contributed by atoms with Crippen molar-refractivity contribution in [3.8, 4) is 0 Å². The van der Waals surface area contributed by atoms with Crippen LogP contribution in [-0.4, -0.2) is 30.5 Å². The van der Waals surface area contributed by atoms with E-state index in [2.05, 4.69) is 0 Å². The Kier molecular flexibility index (Phi) is 3.83. The van der Waals surface area contributed by atoms with Crippen LogP contribution in [0.2, 0.25) is 0 Å². The lowest BCUT2D eigenvalue weighted by atomic mass is 9.93. The second-order valence-corrected chi connectivity index (χ2v) is 3.08. The van der Waals surface area contributed by atoms with E-state index < -0.39 is 0 Å². The molecule has 0 aromatic rings. The molecule has 0 spiro atoms. The van der Waals surface area contributed by atoms with Gasteiger partial charge in [0, 0.05) is 6.04 Å². The maximum absolute atomic E-state index is 8.52. The predicted molar refractivity (Wildman–Crippen MR) is 43.3 cm³/mol. The molecule has 1 aliphatic carbocycles. The normalized spacial score (nSPS) is 32.2.